The Morgan fingerprint density at radius 1 is 1.28 bits per heavy atom. The van der Waals surface area contributed by atoms with Crippen molar-refractivity contribution in [3.63, 3.8) is 0 Å². The minimum Gasteiger partial charge on any atom is -0.462 e. The van der Waals surface area contributed by atoms with E-state index in [0.717, 1.165) is 0 Å². The van der Waals surface area contributed by atoms with Crippen LogP contribution in [0.25, 0.3) is 22.2 Å². The molecule has 0 spiro atoms. The summed E-state index contributed by atoms with van der Waals surface area (Å²) < 4.78 is 7.69. The summed E-state index contributed by atoms with van der Waals surface area (Å²) in [5.41, 5.74) is 1.30. The Labute approximate surface area is 163 Å². The van der Waals surface area contributed by atoms with Crippen LogP contribution in [0.15, 0.2) is 47.7 Å². The maximum absolute atomic E-state index is 13.0. The number of carbonyl (C=O) groups excluding carboxylic acids is 1. The lowest BCUT2D eigenvalue weighted by molar-refractivity contribution is -0.385. The maximum atomic E-state index is 13.0. The molecule has 0 aliphatic carbocycles. The van der Waals surface area contributed by atoms with Crippen LogP contribution in [0.1, 0.15) is 22.8 Å². The lowest BCUT2D eigenvalue weighted by atomic mass is 10.2. The number of ether oxygens (including phenoxy) is 1. The molecule has 0 aliphatic heterocycles. The van der Waals surface area contributed by atoms with E-state index in [1.165, 1.54) is 33.7 Å². The lowest BCUT2D eigenvalue weighted by Gasteiger charge is -2.09. The quantitative estimate of drug-likeness (QED) is 0.296. The molecule has 0 saturated carbocycles. The monoisotopic (exact) mass is 393 g/mol. The van der Waals surface area contributed by atoms with Gasteiger partial charge in [-0.25, -0.2) is 14.3 Å². The molecule has 4 aromatic rings. The van der Waals surface area contributed by atoms with Gasteiger partial charge >= 0.3 is 5.97 Å². The normalized spacial score (nSPS) is 11.1. The summed E-state index contributed by atoms with van der Waals surface area (Å²) in [6, 6.07) is 6.21. The van der Waals surface area contributed by atoms with Crippen LogP contribution in [-0.4, -0.2) is 36.7 Å². The minimum atomic E-state index is -0.547. The second kappa shape index (κ2) is 6.82. The van der Waals surface area contributed by atoms with Gasteiger partial charge in [-0.3, -0.25) is 19.5 Å². The van der Waals surface area contributed by atoms with Crippen LogP contribution < -0.4 is 5.56 Å². The molecule has 1 aromatic carbocycles. The van der Waals surface area contributed by atoms with E-state index in [1.54, 1.807) is 32.0 Å². The smallest absolute Gasteiger partial charge is 0.343 e. The predicted octanol–water partition coefficient (Wildman–Crippen LogP) is 2.43. The number of fused-ring (bicyclic) bond motifs is 3. The molecule has 4 rings (SSSR count). The number of esters is 1. The van der Waals surface area contributed by atoms with Crippen molar-refractivity contribution >= 4 is 28.2 Å². The Balaban J connectivity index is 1.90. The van der Waals surface area contributed by atoms with Crippen molar-refractivity contribution in [1.29, 1.82) is 0 Å². The van der Waals surface area contributed by atoms with Gasteiger partial charge in [0.15, 0.2) is 5.65 Å². The van der Waals surface area contributed by atoms with Gasteiger partial charge in [0.1, 0.15) is 5.56 Å². The number of rotatable bonds is 4. The molecule has 0 N–H and O–H groups in total. The fourth-order valence-corrected chi connectivity index (χ4v) is 3.12. The van der Waals surface area contributed by atoms with Crippen molar-refractivity contribution in [2.45, 2.75) is 13.8 Å². The van der Waals surface area contributed by atoms with Gasteiger partial charge in [-0.1, -0.05) is 6.07 Å². The second-order valence-electron chi connectivity index (χ2n) is 6.29. The highest BCUT2D eigenvalue weighted by Crippen LogP contribution is 2.22. The molecule has 0 saturated heterocycles. The molecule has 10 nitrogen and oxygen atoms in total. The number of hydrogen-bond acceptors (Lipinski definition) is 7. The van der Waals surface area contributed by atoms with E-state index < -0.39 is 16.5 Å². The Morgan fingerprint density at radius 3 is 2.79 bits per heavy atom. The van der Waals surface area contributed by atoms with Crippen molar-refractivity contribution in [3.05, 3.63) is 74.5 Å². The molecule has 0 unspecified atom stereocenters. The highest BCUT2D eigenvalue weighted by Gasteiger charge is 2.18. The highest BCUT2D eigenvalue weighted by atomic mass is 16.6. The first-order chi connectivity index (χ1) is 13.9. The molecular formula is C19H15N5O5. The Hall–Kier alpha value is -4.08. The van der Waals surface area contributed by atoms with Gasteiger partial charge in [0.05, 0.1) is 34.3 Å². The average molecular weight is 393 g/mol. The van der Waals surface area contributed by atoms with E-state index in [9.17, 15) is 19.7 Å². The first-order valence-electron chi connectivity index (χ1n) is 8.73. The third-order valence-electron chi connectivity index (χ3n) is 4.56. The fraction of sp³-hybridized carbons (Fsp3) is 0.158. The van der Waals surface area contributed by atoms with Gasteiger partial charge < -0.3 is 4.74 Å². The van der Waals surface area contributed by atoms with Crippen LogP contribution >= 0.6 is 0 Å². The molecule has 0 radical (unpaired) electrons. The minimum absolute atomic E-state index is 0.0748. The van der Waals surface area contributed by atoms with E-state index in [-0.39, 0.29) is 28.9 Å². The second-order valence-corrected chi connectivity index (χ2v) is 6.29. The van der Waals surface area contributed by atoms with Gasteiger partial charge in [0.2, 0.25) is 0 Å². The first kappa shape index (κ1) is 18.3. The summed E-state index contributed by atoms with van der Waals surface area (Å²) in [6.45, 7) is 3.55. The summed E-state index contributed by atoms with van der Waals surface area (Å²) in [6.07, 6.45) is 4.20. The average Bonchev–Trinajstić information content (AvgIpc) is 3.13. The van der Waals surface area contributed by atoms with Gasteiger partial charge in [0, 0.05) is 24.0 Å². The van der Waals surface area contributed by atoms with Crippen molar-refractivity contribution in [2.24, 2.45) is 0 Å². The molecule has 0 atom stereocenters. The molecule has 146 valence electrons. The topological polar surface area (TPSA) is 122 Å². The standard InChI is InChI=1S/C19H15N5O5/c1-3-29-19(26)14-10-21-23-15-6-7-22(18(25)13(15)9-20-17(14)23)12-5-4-11(2)16(8-12)24(27)28/h4-10H,3H2,1-2H3. The molecule has 0 aliphatic rings. The van der Waals surface area contributed by atoms with Crippen LogP contribution in [0.2, 0.25) is 0 Å². The number of nitro benzene ring substituents is 1. The molecule has 0 bridgehead atoms. The summed E-state index contributed by atoms with van der Waals surface area (Å²) in [5.74, 6) is -0.547. The number of nitro groups is 1. The molecule has 29 heavy (non-hydrogen) atoms. The van der Waals surface area contributed by atoms with Crippen LogP contribution in [-0.2, 0) is 4.74 Å². The van der Waals surface area contributed by atoms with E-state index >= 15 is 0 Å². The largest absolute Gasteiger partial charge is 0.462 e. The highest BCUT2D eigenvalue weighted by molar-refractivity contribution is 5.97. The predicted molar refractivity (Wildman–Crippen MR) is 103 cm³/mol. The van der Waals surface area contributed by atoms with Gasteiger partial charge in [-0.2, -0.15) is 5.10 Å². The third kappa shape index (κ3) is 2.90. The maximum Gasteiger partial charge on any atom is 0.343 e. The number of nitrogens with zero attached hydrogens (tertiary/aromatic N) is 5. The van der Waals surface area contributed by atoms with Crippen LogP contribution in [0.4, 0.5) is 5.69 Å². The van der Waals surface area contributed by atoms with E-state index in [0.29, 0.717) is 16.8 Å². The molecular weight excluding hydrogens is 378 g/mol. The summed E-state index contributed by atoms with van der Waals surface area (Å²) >= 11 is 0. The van der Waals surface area contributed by atoms with Gasteiger partial charge in [-0.15, -0.1) is 0 Å². The zero-order valence-electron chi connectivity index (χ0n) is 15.5. The zero-order valence-corrected chi connectivity index (χ0v) is 15.5. The van der Waals surface area contributed by atoms with Gasteiger partial charge in [-0.05, 0) is 26.0 Å². The number of pyridine rings is 1. The molecule has 3 aromatic heterocycles. The van der Waals surface area contributed by atoms with Crippen molar-refractivity contribution in [2.75, 3.05) is 6.61 Å². The fourth-order valence-electron chi connectivity index (χ4n) is 3.12. The first-order valence-corrected chi connectivity index (χ1v) is 8.73. The number of hydrogen-bond donors (Lipinski definition) is 0. The Bertz CT molecular complexity index is 1350. The number of aromatic nitrogens is 4. The number of aryl methyl sites for hydroxylation is 1. The summed E-state index contributed by atoms with van der Waals surface area (Å²) in [5, 5.41) is 15.6. The third-order valence-corrected chi connectivity index (χ3v) is 4.56. The summed E-state index contributed by atoms with van der Waals surface area (Å²) in [4.78, 5) is 40.0. The number of benzene rings is 1. The SMILES string of the molecule is CCOC(=O)c1cnn2c1ncc1c(=O)n(-c3ccc(C)c([N+](=O)[O-])c3)ccc12. The van der Waals surface area contributed by atoms with Crippen LogP contribution in [0.5, 0.6) is 0 Å². The van der Waals surface area contributed by atoms with Crippen molar-refractivity contribution in [3.8, 4) is 5.69 Å². The Morgan fingerprint density at radius 2 is 2.07 bits per heavy atom. The Kier molecular flexibility index (Phi) is 4.30. The lowest BCUT2D eigenvalue weighted by Crippen LogP contribution is -2.19. The van der Waals surface area contributed by atoms with Crippen LogP contribution in [0, 0.1) is 17.0 Å². The van der Waals surface area contributed by atoms with Gasteiger partial charge in [0.25, 0.3) is 11.2 Å². The van der Waals surface area contributed by atoms with E-state index in [1.807, 2.05) is 0 Å². The molecule has 0 fully saturated rings. The zero-order chi connectivity index (χ0) is 20.7. The molecule has 10 heteroatoms. The number of carbonyl (C=O) groups is 1. The summed E-state index contributed by atoms with van der Waals surface area (Å²) in [7, 11) is 0. The van der Waals surface area contributed by atoms with E-state index in [4.69, 9.17) is 4.74 Å². The van der Waals surface area contributed by atoms with Crippen molar-refractivity contribution in [1.82, 2.24) is 19.2 Å². The van der Waals surface area contributed by atoms with Crippen LogP contribution in [0.3, 0.4) is 0 Å². The molecule has 3 heterocycles. The van der Waals surface area contributed by atoms with Crippen molar-refractivity contribution < 1.29 is 14.5 Å². The van der Waals surface area contributed by atoms with E-state index in [2.05, 4.69) is 10.1 Å². The molecule has 0 amide bonds.